The molecule has 1 rings (SSSR count). The molecule has 1 aromatic rings. The molecule has 7 heteroatoms. The average molecular weight is 319 g/mol. The molecule has 20 heavy (non-hydrogen) atoms. The van der Waals surface area contributed by atoms with E-state index in [1.807, 2.05) is 20.8 Å². The molecule has 1 N–H and O–H groups in total. The van der Waals surface area contributed by atoms with Crippen molar-refractivity contribution >= 4 is 19.9 Å². The predicted octanol–water partition coefficient (Wildman–Crippen LogP) is 1.31. The van der Waals surface area contributed by atoms with E-state index in [4.69, 9.17) is 0 Å². The minimum atomic E-state index is -3.47. The van der Waals surface area contributed by atoms with Gasteiger partial charge in [0.25, 0.3) is 0 Å². The fraction of sp³-hybridized carbons (Fsp3) is 0.538. The minimum Gasteiger partial charge on any atom is -0.224 e. The molecular formula is C13H21NO4S2. The van der Waals surface area contributed by atoms with Crippen molar-refractivity contribution in [1.82, 2.24) is 4.72 Å². The molecule has 0 radical (unpaired) electrons. The molecule has 0 atom stereocenters. The maximum Gasteiger partial charge on any atom is 0.208 e. The molecule has 0 fully saturated rings. The molecule has 0 saturated heterocycles. The van der Waals surface area contributed by atoms with Crippen LogP contribution in [0.5, 0.6) is 0 Å². The van der Waals surface area contributed by atoms with E-state index in [9.17, 15) is 16.8 Å². The van der Waals surface area contributed by atoms with Crippen LogP contribution in [0.25, 0.3) is 0 Å². The lowest BCUT2D eigenvalue weighted by molar-refractivity contribution is 0.583. The molecule has 5 nitrogen and oxygen atoms in total. The fourth-order valence-electron chi connectivity index (χ4n) is 1.64. The molecule has 0 aliphatic rings. The lowest BCUT2D eigenvalue weighted by Crippen LogP contribution is -2.28. The summed E-state index contributed by atoms with van der Waals surface area (Å²) in [5.41, 5.74) is 1.01. The van der Waals surface area contributed by atoms with E-state index in [1.54, 1.807) is 24.3 Å². The van der Waals surface area contributed by atoms with Crippen LogP contribution in [-0.4, -0.2) is 35.4 Å². The van der Waals surface area contributed by atoms with Crippen LogP contribution in [0, 0.1) is 0 Å². The second-order valence-electron chi connectivity index (χ2n) is 5.76. The highest BCUT2D eigenvalue weighted by molar-refractivity contribution is 7.91. The normalized spacial score (nSPS) is 13.4. The van der Waals surface area contributed by atoms with Crippen LogP contribution in [0.4, 0.5) is 0 Å². The first-order valence-electron chi connectivity index (χ1n) is 6.20. The van der Waals surface area contributed by atoms with Crippen molar-refractivity contribution in [2.75, 3.05) is 18.6 Å². The van der Waals surface area contributed by atoms with Gasteiger partial charge < -0.3 is 0 Å². The highest BCUT2D eigenvalue weighted by Crippen LogP contribution is 2.23. The Morgan fingerprint density at radius 2 is 1.50 bits per heavy atom. The zero-order valence-corrected chi connectivity index (χ0v) is 13.8. The lowest BCUT2D eigenvalue weighted by atomic mass is 9.87. The van der Waals surface area contributed by atoms with E-state index >= 15 is 0 Å². The first-order chi connectivity index (χ1) is 8.92. The Balaban J connectivity index is 2.83. The van der Waals surface area contributed by atoms with Crippen molar-refractivity contribution in [3.63, 3.8) is 0 Å². The molecule has 0 aliphatic heterocycles. The number of hydrogen-bond donors (Lipinski definition) is 1. The first kappa shape index (κ1) is 17.1. The average Bonchev–Trinajstić information content (AvgIpc) is 2.26. The Morgan fingerprint density at radius 1 is 1.00 bits per heavy atom. The van der Waals surface area contributed by atoms with Crippen molar-refractivity contribution < 1.29 is 16.8 Å². The van der Waals surface area contributed by atoms with E-state index in [1.165, 1.54) is 0 Å². The van der Waals surface area contributed by atoms with Crippen LogP contribution >= 0.6 is 0 Å². The summed E-state index contributed by atoms with van der Waals surface area (Å²) in [6, 6.07) is 6.71. The second-order valence-corrected chi connectivity index (χ2v) is 9.70. The third kappa shape index (κ3) is 5.22. The third-order valence-corrected chi connectivity index (χ3v) is 5.27. The van der Waals surface area contributed by atoms with Gasteiger partial charge in [-0.3, -0.25) is 0 Å². The van der Waals surface area contributed by atoms with Gasteiger partial charge >= 0.3 is 0 Å². The molecule has 1 aromatic carbocycles. The van der Waals surface area contributed by atoms with E-state index in [2.05, 4.69) is 4.72 Å². The van der Waals surface area contributed by atoms with Crippen molar-refractivity contribution in [1.29, 1.82) is 0 Å². The molecule has 0 heterocycles. The van der Waals surface area contributed by atoms with Gasteiger partial charge in [-0.2, -0.15) is 0 Å². The van der Waals surface area contributed by atoms with E-state index < -0.39 is 19.9 Å². The topological polar surface area (TPSA) is 80.3 Å². The summed E-state index contributed by atoms with van der Waals surface area (Å²) in [5, 5.41) is 0. The Bertz CT molecular complexity index is 653. The minimum absolute atomic E-state index is 0.0415. The lowest BCUT2D eigenvalue weighted by Gasteiger charge is -2.19. The van der Waals surface area contributed by atoms with Crippen LogP contribution in [0.2, 0.25) is 0 Å². The quantitative estimate of drug-likeness (QED) is 0.887. The van der Waals surface area contributed by atoms with Crippen LogP contribution < -0.4 is 4.72 Å². The van der Waals surface area contributed by atoms with Crippen molar-refractivity contribution in [2.45, 2.75) is 31.1 Å². The molecule has 0 saturated carbocycles. The van der Waals surface area contributed by atoms with Gasteiger partial charge in [-0.15, -0.1) is 0 Å². The summed E-state index contributed by atoms with van der Waals surface area (Å²) < 4.78 is 48.1. The van der Waals surface area contributed by atoms with Crippen molar-refractivity contribution in [3.8, 4) is 0 Å². The number of sulfonamides is 1. The standard InChI is InChI=1S/C13H21NO4S2/c1-13(2,3)11-5-7-12(8-6-11)20(17,18)10-9-14-19(4,15)16/h5-8,14H,9-10H2,1-4H3. The van der Waals surface area contributed by atoms with Gasteiger partial charge in [0.05, 0.1) is 16.9 Å². The summed E-state index contributed by atoms with van der Waals surface area (Å²) in [7, 11) is -6.84. The molecule has 0 aliphatic carbocycles. The van der Waals surface area contributed by atoms with Gasteiger partial charge in [0.1, 0.15) is 0 Å². The maximum atomic E-state index is 12.0. The van der Waals surface area contributed by atoms with Crippen LogP contribution in [0.15, 0.2) is 29.2 Å². The van der Waals surface area contributed by atoms with Gasteiger partial charge in [0, 0.05) is 6.54 Å². The Hall–Kier alpha value is -0.920. The Morgan fingerprint density at radius 3 is 1.90 bits per heavy atom. The van der Waals surface area contributed by atoms with Crippen molar-refractivity contribution in [3.05, 3.63) is 29.8 Å². The second kappa shape index (κ2) is 5.83. The summed E-state index contributed by atoms with van der Waals surface area (Å²) >= 11 is 0. The zero-order valence-electron chi connectivity index (χ0n) is 12.2. The zero-order chi connectivity index (χ0) is 15.6. The van der Waals surface area contributed by atoms with Crippen LogP contribution in [0.1, 0.15) is 26.3 Å². The highest BCUT2D eigenvalue weighted by Gasteiger charge is 2.18. The summed E-state index contributed by atoms with van der Waals surface area (Å²) in [5.74, 6) is -0.255. The molecule has 114 valence electrons. The fourth-order valence-corrected chi connectivity index (χ4v) is 3.40. The number of hydrogen-bond acceptors (Lipinski definition) is 4. The predicted molar refractivity (Wildman–Crippen MR) is 80.0 cm³/mol. The van der Waals surface area contributed by atoms with Gasteiger partial charge in [-0.25, -0.2) is 21.6 Å². The Labute approximate surface area is 121 Å². The van der Waals surface area contributed by atoms with Crippen molar-refractivity contribution in [2.24, 2.45) is 0 Å². The molecule has 0 spiro atoms. The smallest absolute Gasteiger partial charge is 0.208 e. The highest BCUT2D eigenvalue weighted by atomic mass is 32.2. The molecule has 0 amide bonds. The number of benzene rings is 1. The number of nitrogens with one attached hydrogen (secondary N) is 1. The summed E-state index contributed by atoms with van der Waals surface area (Å²) in [6.45, 7) is 6.02. The van der Waals surface area contributed by atoms with E-state index in [-0.39, 0.29) is 22.6 Å². The van der Waals surface area contributed by atoms with Gasteiger partial charge in [-0.1, -0.05) is 32.9 Å². The molecule has 0 aromatic heterocycles. The number of rotatable bonds is 5. The van der Waals surface area contributed by atoms with Gasteiger partial charge in [0.2, 0.25) is 10.0 Å². The SMILES string of the molecule is CC(C)(C)c1ccc(S(=O)(=O)CCNS(C)(=O)=O)cc1. The summed E-state index contributed by atoms with van der Waals surface area (Å²) in [4.78, 5) is 0.209. The van der Waals surface area contributed by atoms with Crippen LogP contribution in [0.3, 0.4) is 0 Å². The van der Waals surface area contributed by atoms with E-state index in [0.717, 1.165) is 11.8 Å². The van der Waals surface area contributed by atoms with Crippen LogP contribution in [-0.2, 0) is 25.3 Å². The monoisotopic (exact) mass is 319 g/mol. The first-order valence-corrected chi connectivity index (χ1v) is 9.74. The van der Waals surface area contributed by atoms with E-state index in [0.29, 0.717) is 0 Å². The van der Waals surface area contributed by atoms with Gasteiger partial charge in [0.15, 0.2) is 9.84 Å². The number of sulfone groups is 1. The molecule has 0 unspecified atom stereocenters. The van der Waals surface area contributed by atoms with Gasteiger partial charge in [-0.05, 0) is 23.1 Å². The maximum absolute atomic E-state index is 12.0. The molecular weight excluding hydrogens is 298 g/mol. The Kier molecular flexibility index (Phi) is 4.99. The largest absolute Gasteiger partial charge is 0.224 e. The molecule has 0 bridgehead atoms. The third-order valence-electron chi connectivity index (χ3n) is 2.81. The summed E-state index contributed by atoms with van der Waals surface area (Å²) in [6.07, 6.45) is 0.998.